The molecule has 1 amide bonds. The Balaban J connectivity index is 1.52. The predicted octanol–water partition coefficient (Wildman–Crippen LogP) is 3.73. The molecule has 0 bridgehead atoms. The molecular formula is C17H15IN4OS. The van der Waals surface area contributed by atoms with Gasteiger partial charge in [-0.2, -0.15) is 0 Å². The summed E-state index contributed by atoms with van der Waals surface area (Å²) in [6.45, 7) is 0. The van der Waals surface area contributed by atoms with Crippen LogP contribution in [-0.4, -0.2) is 26.8 Å². The van der Waals surface area contributed by atoms with E-state index in [1.165, 1.54) is 17.3 Å². The Morgan fingerprint density at radius 2 is 1.88 bits per heavy atom. The third-order valence-corrected chi connectivity index (χ3v) is 4.99. The summed E-state index contributed by atoms with van der Waals surface area (Å²) in [5, 5.41) is 10.6. The van der Waals surface area contributed by atoms with E-state index in [0.29, 0.717) is 11.6 Å². The zero-order valence-electron chi connectivity index (χ0n) is 12.7. The fourth-order valence-electron chi connectivity index (χ4n) is 2.09. The van der Waals surface area contributed by atoms with E-state index >= 15 is 0 Å². The maximum absolute atomic E-state index is 12.0. The van der Waals surface area contributed by atoms with E-state index in [9.17, 15) is 4.79 Å². The highest BCUT2D eigenvalue weighted by molar-refractivity contribution is 14.1. The van der Waals surface area contributed by atoms with Crippen LogP contribution in [0.2, 0.25) is 0 Å². The number of hydrogen-bond acceptors (Lipinski definition) is 4. The smallest absolute Gasteiger partial charge is 0.234 e. The van der Waals surface area contributed by atoms with Crippen LogP contribution in [0, 0.1) is 3.57 Å². The minimum absolute atomic E-state index is 0.0708. The first-order valence-corrected chi connectivity index (χ1v) is 9.39. The summed E-state index contributed by atoms with van der Waals surface area (Å²) >= 11 is 3.51. The number of thioether (sulfide) groups is 1. The predicted molar refractivity (Wildman–Crippen MR) is 104 cm³/mol. The normalized spacial score (nSPS) is 10.5. The highest BCUT2D eigenvalue weighted by atomic mass is 127. The number of nitrogens with one attached hydrogen (secondary N) is 2. The Morgan fingerprint density at radius 1 is 1.12 bits per heavy atom. The van der Waals surface area contributed by atoms with Gasteiger partial charge in [-0.15, -0.1) is 5.10 Å². The number of rotatable bonds is 6. The number of anilines is 1. The molecule has 1 heterocycles. The molecule has 0 spiro atoms. The molecule has 1 aromatic heterocycles. The van der Waals surface area contributed by atoms with Crippen LogP contribution < -0.4 is 5.32 Å². The fraction of sp³-hybridized carbons (Fsp3) is 0.118. The van der Waals surface area contributed by atoms with Gasteiger partial charge in [0.05, 0.1) is 11.4 Å². The zero-order chi connectivity index (χ0) is 16.8. The van der Waals surface area contributed by atoms with Crippen LogP contribution in [0.15, 0.2) is 59.8 Å². The summed E-state index contributed by atoms with van der Waals surface area (Å²) in [5.41, 5.74) is 1.99. The molecule has 2 aromatic carbocycles. The van der Waals surface area contributed by atoms with Crippen molar-refractivity contribution in [3.63, 3.8) is 0 Å². The lowest BCUT2D eigenvalue weighted by atomic mass is 10.1. The number of carbonyl (C=O) groups excluding carboxylic acids is 1. The summed E-state index contributed by atoms with van der Waals surface area (Å²) in [6, 6.07) is 17.7. The summed E-state index contributed by atoms with van der Waals surface area (Å²) in [4.78, 5) is 16.5. The van der Waals surface area contributed by atoms with Crippen LogP contribution in [0.1, 0.15) is 11.4 Å². The highest BCUT2D eigenvalue weighted by Crippen LogP contribution is 2.18. The Kier molecular flexibility index (Phi) is 5.86. The second kappa shape index (κ2) is 8.29. The molecule has 122 valence electrons. The quantitative estimate of drug-likeness (QED) is 0.444. The molecule has 3 aromatic rings. The van der Waals surface area contributed by atoms with Gasteiger partial charge in [0, 0.05) is 9.99 Å². The van der Waals surface area contributed by atoms with Crippen LogP contribution in [-0.2, 0) is 11.2 Å². The van der Waals surface area contributed by atoms with Crippen molar-refractivity contribution >= 4 is 45.9 Å². The molecule has 0 radical (unpaired) electrons. The van der Waals surface area contributed by atoms with Crippen LogP contribution in [0.25, 0.3) is 0 Å². The van der Waals surface area contributed by atoms with Gasteiger partial charge in [0.15, 0.2) is 0 Å². The van der Waals surface area contributed by atoms with Crippen molar-refractivity contribution in [2.75, 3.05) is 11.1 Å². The van der Waals surface area contributed by atoms with Crippen molar-refractivity contribution in [3.8, 4) is 0 Å². The van der Waals surface area contributed by atoms with Crippen molar-refractivity contribution < 1.29 is 4.79 Å². The Hall–Kier alpha value is -1.87. The average molecular weight is 450 g/mol. The number of nitrogens with zero attached hydrogens (tertiary/aromatic N) is 2. The minimum Gasteiger partial charge on any atom is -0.324 e. The molecule has 5 nitrogen and oxygen atoms in total. The third kappa shape index (κ3) is 4.81. The highest BCUT2D eigenvalue weighted by Gasteiger charge is 2.09. The number of aromatic amines is 1. The van der Waals surface area contributed by atoms with Crippen molar-refractivity contribution in [3.05, 3.63) is 69.6 Å². The van der Waals surface area contributed by atoms with Gasteiger partial charge >= 0.3 is 0 Å². The molecule has 3 rings (SSSR count). The van der Waals surface area contributed by atoms with Gasteiger partial charge in [0.2, 0.25) is 11.1 Å². The first-order chi connectivity index (χ1) is 11.7. The van der Waals surface area contributed by atoms with Gasteiger partial charge in [0.25, 0.3) is 0 Å². The molecule has 0 aliphatic carbocycles. The van der Waals surface area contributed by atoms with Crippen molar-refractivity contribution in [1.82, 2.24) is 15.2 Å². The Bertz CT molecular complexity index is 822. The molecule has 0 aliphatic rings. The number of aromatic nitrogens is 3. The topological polar surface area (TPSA) is 70.7 Å². The number of benzene rings is 2. The monoisotopic (exact) mass is 450 g/mol. The summed E-state index contributed by atoms with van der Waals surface area (Å²) in [7, 11) is 0. The summed E-state index contributed by atoms with van der Waals surface area (Å²) in [6.07, 6.45) is 0.697. The lowest BCUT2D eigenvalue weighted by Gasteiger charge is -2.05. The number of carbonyl (C=O) groups is 1. The number of H-pyrrole nitrogens is 1. The van der Waals surface area contributed by atoms with Crippen LogP contribution >= 0.6 is 34.4 Å². The van der Waals surface area contributed by atoms with E-state index in [1.54, 1.807) is 0 Å². The second-order valence-corrected chi connectivity index (χ2v) is 7.15. The Labute approximate surface area is 157 Å². The van der Waals surface area contributed by atoms with E-state index in [0.717, 1.165) is 15.1 Å². The molecule has 0 saturated heterocycles. The molecule has 0 atom stereocenters. The molecule has 0 unspecified atom stereocenters. The van der Waals surface area contributed by atoms with E-state index in [2.05, 4.69) is 43.1 Å². The maximum atomic E-state index is 12.0. The van der Waals surface area contributed by atoms with E-state index in [4.69, 9.17) is 0 Å². The van der Waals surface area contributed by atoms with Crippen LogP contribution in [0.5, 0.6) is 0 Å². The Morgan fingerprint density at radius 3 is 2.67 bits per heavy atom. The molecule has 7 heteroatoms. The van der Waals surface area contributed by atoms with E-state index in [1.807, 2.05) is 54.6 Å². The zero-order valence-corrected chi connectivity index (χ0v) is 15.7. The van der Waals surface area contributed by atoms with Gasteiger partial charge in [-0.05, 0) is 40.3 Å². The number of para-hydroxylation sites is 1. The van der Waals surface area contributed by atoms with Gasteiger partial charge in [-0.3, -0.25) is 9.89 Å². The largest absolute Gasteiger partial charge is 0.324 e. The average Bonchev–Trinajstić information content (AvgIpc) is 3.03. The first-order valence-electron chi connectivity index (χ1n) is 7.33. The van der Waals surface area contributed by atoms with Crippen LogP contribution in [0.4, 0.5) is 5.69 Å². The molecule has 0 saturated carbocycles. The van der Waals surface area contributed by atoms with Gasteiger partial charge in [0.1, 0.15) is 5.82 Å². The summed E-state index contributed by atoms with van der Waals surface area (Å²) in [5.74, 6) is 0.994. The number of halogens is 1. The molecule has 0 fully saturated rings. The maximum Gasteiger partial charge on any atom is 0.234 e. The molecular weight excluding hydrogens is 435 g/mol. The first kappa shape index (κ1) is 17.0. The molecule has 0 aliphatic heterocycles. The lowest BCUT2D eigenvalue weighted by molar-refractivity contribution is -0.113. The van der Waals surface area contributed by atoms with E-state index < -0.39 is 0 Å². The summed E-state index contributed by atoms with van der Waals surface area (Å²) < 4.78 is 1.01. The third-order valence-electron chi connectivity index (χ3n) is 3.21. The van der Waals surface area contributed by atoms with Gasteiger partial charge < -0.3 is 5.32 Å². The molecule has 2 N–H and O–H groups in total. The fourth-order valence-corrected chi connectivity index (χ4v) is 3.23. The number of amides is 1. The standard InChI is InChI=1S/C17H15IN4OS/c18-13-8-4-5-9-14(13)19-16(23)11-24-17-20-15(21-22-17)10-12-6-2-1-3-7-12/h1-9H,10-11H2,(H,19,23)(H,20,21,22). The van der Waals surface area contributed by atoms with Crippen molar-refractivity contribution in [1.29, 1.82) is 0 Å². The minimum atomic E-state index is -0.0708. The van der Waals surface area contributed by atoms with Crippen molar-refractivity contribution in [2.45, 2.75) is 11.6 Å². The van der Waals surface area contributed by atoms with Gasteiger partial charge in [-0.1, -0.05) is 54.2 Å². The van der Waals surface area contributed by atoms with E-state index in [-0.39, 0.29) is 11.7 Å². The molecule has 24 heavy (non-hydrogen) atoms. The second-order valence-electron chi connectivity index (χ2n) is 5.04. The SMILES string of the molecule is O=C(CSc1n[nH]c(Cc2ccccc2)n1)Nc1ccccc1I. The number of hydrogen-bond donors (Lipinski definition) is 2. The lowest BCUT2D eigenvalue weighted by Crippen LogP contribution is -2.14. The van der Waals surface area contributed by atoms with Crippen molar-refractivity contribution in [2.24, 2.45) is 0 Å². The van der Waals surface area contributed by atoms with Gasteiger partial charge in [-0.25, -0.2) is 4.98 Å². The van der Waals surface area contributed by atoms with Crippen LogP contribution in [0.3, 0.4) is 0 Å².